The Morgan fingerprint density at radius 2 is 2.26 bits per heavy atom. The van der Waals surface area contributed by atoms with Crippen LogP contribution in [-0.2, 0) is 6.54 Å². The number of hydrogen-bond donors (Lipinski definition) is 1. The minimum absolute atomic E-state index is 0.233. The van der Waals surface area contributed by atoms with Gasteiger partial charge in [0, 0.05) is 12.1 Å². The van der Waals surface area contributed by atoms with Crippen molar-refractivity contribution in [3.05, 3.63) is 35.1 Å². The summed E-state index contributed by atoms with van der Waals surface area (Å²) in [6.07, 6.45) is 5.20. The highest BCUT2D eigenvalue weighted by Gasteiger charge is 2.18. The van der Waals surface area contributed by atoms with Crippen LogP contribution < -0.4 is 5.32 Å². The Bertz CT molecular complexity index is 464. The molecule has 3 heteroatoms. The van der Waals surface area contributed by atoms with Crippen molar-refractivity contribution in [2.75, 3.05) is 6.54 Å². The summed E-state index contributed by atoms with van der Waals surface area (Å²) < 4.78 is 13.6. The standard InChI is InChI=1S/C16H21FN2/c1-12-3-2-4-14(7-12)10-19-11-15-8-13(9-18)5-6-16(15)17/h5-6,8,12,14,19H,2-4,7,10-11H2,1H3. The topological polar surface area (TPSA) is 35.8 Å². The molecule has 0 bridgehead atoms. The Kier molecular flexibility index (Phi) is 4.93. The number of halogens is 1. The van der Waals surface area contributed by atoms with E-state index in [1.54, 1.807) is 6.07 Å². The van der Waals surface area contributed by atoms with Gasteiger partial charge in [-0.15, -0.1) is 0 Å². The van der Waals surface area contributed by atoms with E-state index in [4.69, 9.17) is 5.26 Å². The van der Waals surface area contributed by atoms with Crippen molar-refractivity contribution in [1.82, 2.24) is 5.32 Å². The van der Waals surface area contributed by atoms with Crippen LogP contribution >= 0.6 is 0 Å². The molecule has 0 radical (unpaired) electrons. The first-order valence-corrected chi connectivity index (χ1v) is 7.08. The van der Waals surface area contributed by atoms with E-state index in [-0.39, 0.29) is 5.82 Å². The molecule has 0 aromatic heterocycles. The molecule has 2 atom stereocenters. The zero-order valence-electron chi connectivity index (χ0n) is 11.5. The largest absolute Gasteiger partial charge is 0.312 e. The van der Waals surface area contributed by atoms with Gasteiger partial charge in [0.05, 0.1) is 11.6 Å². The first kappa shape index (κ1) is 14.0. The van der Waals surface area contributed by atoms with Gasteiger partial charge in [-0.3, -0.25) is 0 Å². The third-order valence-corrected chi connectivity index (χ3v) is 3.97. The van der Waals surface area contributed by atoms with E-state index in [0.717, 1.165) is 12.5 Å². The Labute approximate surface area is 114 Å². The lowest BCUT2D eigenvalue weighted by atomic mass is 9.82. The summed E-state index contributed by atoms with van der Waals surface area (Å²) in [7, 11) is 0. The number of nitrogens with zero attached hydrogens (tertiary/aromatic N) is 1. The van der Waals surface area contributed by atoms with E-state index in [1.807, 2.05) is 6.07 Å². The third-order valence-electron chi connectivity index (χ3n) is 3.97. The molecular formula is C16H21FN2. The summed E-state index contributed by atoms with van der Waals surface area (Å²) in [6, 6.07) is 6.57. The van der Waals surface area contributed by atoms with Gasteiger partial charge in [0.2, 0.25) is 0 Å². The van der Waals surface area contributed by atoms with Crippen LogP contribution in [0.1, 0.15) is 43.7 Å². The third kappa shape index (κ3) is 4.04. The molecular weight excluding hydrogens is 239 g/mol. The fraction of sp³-hybridized carbons (Fsp3) is 0.562. The van der Waals surface area contributed by atoms with Gasteiger partial charge in [-0.2, -0.15) is 5.26 Å². The van der Waals surface area contributed by atoms with Crippen LogP contribution in [-0.4, -0.2) is 6.54 Å². The highest BCUT2D eigenvalue weighted by atomic mass is 19.1. The molecule has 2 rings (SSSR count). The van der Waals surface area contributed by atoms with Crippen LogP contribution in [0.2, 0.25) is 0 Å². The summed E-state index contributed by atoms with van der Waals surface area (Å²) >= 11 is 0. The number of nitrogens with one attached hydrogen (secondary N) is 1. The van der Waals surface area contributed by atoms with Crippen molar-refractivity contribution < 1.29 is 4.39 Å². The number of nitriles is 1. The zero-order chi connectivity index (χ0) is 13.7. The molecule has 1 aromatic carbocycles. The van der Waals surface area contributed by atoms with Gasteiger partial charge in [-0.1, -0.05) is 19.8 Å². The van der Waals surface area contributed by atoms with Crippen molar-refractivity contribution in [3.63, 3.8) is 0 Å². The van der Waals surface area contributed by atoms with Crippen LogP contribution in [0.3, 0.4) is 0 Å². The fourth-order valence-electron chi connectivity index (χ4n) is 2.94. The average molecular weight is 260 g/mol. The lowest BCUT2D eigenvalue weighted by molar-refractivity contribution is 0.274. The zero-order valence-corrected chi connectivity index (χ0v) is 11.5. The van der Waals surface area contributed by atoms with Gasteiger partial charge < -0.3 is 5.32 Å². The van der Waals surface area contributed by atoms with Crippen LogP contribution in [0.4, 0.5) is 4.39 Å². The van der Waals surface area contributed by atoms with E-state index in [0.29, 0.717) is 23.6 Å². The number of rotatable bonds is 4. The van der Waals surface area contributed by atoms with Crippen LogP contribution in [0.5, 0.6) is 0 Å². The molecule has 1 aromatic rings. The minimum atomic E-state index is -0.233. The van der Waals surface area contributed by atoms with Crippen molar-refractivity contribution in [1.29, 1.82) is 5.26 Å². The molecule has 102 valence electrons. The molecule has 1 saturated carbocycles. The summed E-state index contributed by atoms with van der Waals surface area (Å²) in [5, 5.41) is 12.2. The summed E-state index contributed by atoms with van der Waals surface area (Å²) in [5.74, 6) is 1.30. The van der Waals surface area contributed by atoms with E-state index in [1.165, 1.54) is 37.8 Å². The lowest BCUT2D eigenvalue weighted by Gasteiger charge is -2.26. The molecule has 1 aliphatic rings. The van der Waals surface area contributed by atoms with Gasteiger partial charge in [0.1, 0.15) is 5.82 Å². The molecule has 19 heavy (non-hydrogen) atoms. The van der Waals surface area contributed by atoms with Gasteiger partial charge in [0.25, 0.3) is 0 Å². The second-order valence-corrected chi connectivity index (χ2v) is 5.69. The Balaban J connectivity index is 1.84. The van der Waals surface area contributed by atoms with Crippen molar-refractivity contribution in [3.8, 4) is 6.07 Å². The second kappa shape index (κ2) is 6.68. The van der Waals surface area contributed by atoms with Crippen LogP contribution in [0.25, 0.3) is 0 Å². The van der Waals surface area contributed by atoms with Crippen LogP contribution in [0.15, 0.2) is 18.2 Å². The van der Waals surface area contributed by atoms with Crippen molar-refractivity contribution in [2.45, 2.75) is 39.2 Å². The monoisotopic (exact) mass is 260 g/mol. The molecule has 1 aliphatic carbocycles. The van der Waals surface area contributed by atoms with E-state index in [2.05, 4.69) is 12.2 Å². The first-order valence-electron chi connectivity index (χ1n) is 7.08. The quantitative estimate of drug-likeness (QED) is 0.897. The molecule has 0 spiro atoms. The van der Waals surface area contributed by atoms with Gasteiger partial charge in [0.15, 0.2) is 0 Å². The Morgan fingerprint density at radius 3 is 3.00 bits per heavy atom. The molecule has 0 heterocycles. The molecule has 2 nitrogen and oxygen atoms in total. The Hall–Kier alpha value is -1.40. The first-order chi connectivity index (χ1) is 9.19. The number of hydrogen-bond acceptors (Lipinski definition) is 2. The van der Waals surface area contributed by atoms with Gasteiger partial charge in [-0.25, -0.2) is 4.39 Å². The maximum absolute atomic E-state index is 13.6. The predicted octanol–water partition coefficient (Wildman–Crippen LogP) is 3.61. The predicted molar refractivity (Wildman–Crippen MR) is 73.9 cm³/mol. The van der Waals surface area contributed by atoms with E-state index in [9.17, 15) is 4.39 Å². The lowest BCUT2D eigenvalue weighted by Crippen LogP contribution is -2.26. The Morgan fingerprint density at radius 1 is 1.42 bits per heavy atom. The van der Waals surface area contributed by atoms with Gasteiger partial charge >= 0.3 is 0 Å². The SMILES string of the molecule is CC1CCCC(CNCc2cc(C#N)ccc2F)C1. The molecule has 0 aliphatic heterocycles. The summed E-state index contributed by atoms with van der Waals surface area (Å²) in [5.41, 5.74) is 1.10. The smallest absolute Gasteiger partial charge is 0.127 e. The molecule has 0 amide bonds. The maximum atomic E-state index is 13.6. The van der Waals surface area contributed by atoms with Crippen molar-refractivity contribution in [2.24, 2.45) is 11.8 Å². The molecule has 2 unspecified atom stereocenters. The number of benzene rings is 1. The molecule has 1 fully saturated rings. The molecule has 1 N–H and O–H groups in total. The summed E-state index contributed by atoms with van der Waals surface area (Å²) in [6.45, 7) is 3.76. The van der Waals surface area contributed by atoms with Crippen molar-refractivity contribution >= 4 is 0 Å². The van der Waals surface area contributed by atoms with Gasteiger partial charge in [-0.05, 0) is 49.4 Å². The second-order valence-electron chi connectivity index (χ2n) is 5.69. The maximum Gasteiger partial charge on any atom is 0.127 e. The summed E-state index contributed by atoms with van der Waals surface area (Å²) in [4.78, 5) is 0. The highest BCUT2D eigenvalue weighted by Crippen LogP contribution is 2.27. The normalized spacial score (nSPS) is 23.0. The van der Waals surface area contributed by atoms with E-state index >= 15 is 0 Å². The highest BCUT2D eigenvalue weighted by molar-refractivity contribution is 5.33. The minimum Gasteiger partial charge on any atom is -0.312 e. The molecule has 0 saturated heterocycles. The fourth-order valence-corrected chi connectivity index (χ4v) is 2.94. The average Bonchev–Trinajstić information content (AvgIpc) is 2.41. The van der Waals surface area contributed by atoms with Crippen LogP contribution in [0, 0.1) is 29.0 Å². The van der Waals surface area contributed by atoms with E-state index < -0.39 is 0 Å².